The van der Waals surface area contributed by atoms with Crippen molar-refractivity contribution in [3.63, 3.8) is 0 Å². The zero-order valence-electron chi connectivity index (χ0n) is 14.6. The third-order valence-electron chi connectivity index (χ3n) is 4.03. The van der Waals surface area contributed by atoms with Crippen LogP contribution in [0.3, 0.4) is 0 Å². The maximum Gasteiger partial charge on any atom is 0.240 e. The predicted octanol–water partition coefficient (Wildman–Crippen LogP) is 4.20. The molecule has 134 valence electrons. The standard InChI is InChI=1S/C18H24N4OS2/c1-13(2)19-17-20-21-18(25-17)24-15(14-9-5-3-6-10-14)16(23)22-11-7-4-8-12-22/h3,5-6,9-10,13,15H,4,7-8,11-12H2,1-2H3,(H,19,20). The first-order valence-corrected chi connectivity index (χ1v) is 10.4. The number of aromatic nitrogens is 2. The fourth-order valence-corrected chi connectivity index (χ4v) is 5.01. The van der Waals surface area contributed by atoms with Crippen LogP contribution in [0.4, 0.5) is 5.13 Å². The number of hydrogen-bond donors (Lipinski definition) is 1. The highest BCUT2D eigenvalue weighted by Crippen LogP contribution is 2.39. The van der Waals surface area contributed by atoms with Crippen LogP contribution in [0.1, 0.15) is 43.9 Å². The molecule has 1 fully saturated rings. The van der Waals surface area contributed by atoms with Gasteiger partial charge in [-0.25, -0.2) is 0 Å². The van der Waals surface area contributed by atoms with Gasteiger partial charge in [-0.15, -0.1) is 10.2 Å². The van der Waals surface area contributed by atoms with E-state index in [4.69, 9.17) is 0 Å². The lowest BCUT2D eigenvalue weighted by molar-refractivity contribution is -0.131. The fourth-order valence-electron chi connectivity index (χ4n) is 2.83. The molecule has 1 unspecified atom stereocenters. The largest absolute Gasteiger partial charge is 0.358 e. The molecule has 25 heavy (non-hydrogen) atoms. The number of nitrogens with zero attached hydrogens (tertiary/aromatic N) is 3. The Kier molecular flexibility index (Phi) is 6.31. The lowest BCUT2D eigenvalue weighted by Crippen LogP contribution is -2.38. The van der Waals surface area contributed by atoms with Crippen molar-refractivity contribution in [2.45, 2.75) is 48.7 Å². The van der Waals surface area contributed by atoms with E-state index in [1.807, 2.05) is 35.2 Å². The number of hydrogen-bond acceptors (Lipinski definition) is 6. The van der Waals surface area contributed by atoms with Gasteiger partial charge in [0.1, 0.15) is 5.25 Å². The van der Waals surface area contributed by atoms with Crippen molar-refractivity contribution in [3.05, 3.63) is 35.9 Å². The molecule has 5 nitrogen and oxygen atoms in total. The number of rotatable bonds is 6. The molecule has 1 aromatic carbocycles. The number of carbonyl (C=O) groups is 1. The molecule has 1 saturated heterocycles. The first-order valence-electron chi connectivity index (χ1n) is 8.74. The van der Waals surface area contributed by atoms with Crippen molar-refractivity contribution < 1.29 is 4.79 Å². The van der Waals surface area contributed by atoms with E-state index in [1.54, 1.807) is 0 Å². The Morgan fingerprint density at radius 1 is 1.16 bits per heavy atom. The van der Waals surface area contributed by atoms with Crippen LogP contribution in [0.5, 0.6) is 0 Å². The SMILES string of the molecule is CC(C)Nc1nnc(SC(C(=O)N2CCCCC2)c2ccccc2)s1. The zero-order valence-corrected chi connectivity index (χ0v) is 16.3. The van der Waals surface area contributed by atoms with Gasteiger partial charge < -0.3 is 10.2 Å². The maximum absolute atomic E-state index is 13.1. The van der Waals surface area contributed by atoms with E-state index in [2.05, 4.69) is 29.4 Å². The van der Waals surface area contributed by atoms with Crippen molar-refractivity contribution in [3.8, 4) is 0 Å². The van der Waals surface area contributed by atoms with Crippen LogP contribution in [0.15, 0.2) is 34.7 Å². The molecule has 1 N–H and O–H groups in total. The van der Waals surface area contributed by atoms with Gasteiger partial charge in [0.2, 0.25) is 11.0 Å². The summed E-state index contributed by atoms with van der Waals surface area (Å²) in [7, 11) is 0. The van der Waals surface area contributed by atoms with Crippen LogP contribution in [0.2, 0.25) is 0 Å². The molecule has 7 heteroatoms. The second-order valence-electron chi connectivity index (χ2n) is 6.47. The Labute approximate surface area is 157 Å². The van der Waals surface area contributed by atoms with Crippen LogP contribution >= 0.6 is 23.1 Å². The van der Waals surface area contributed by atoms with Gasteiger partial charge in [0.15, 0.2) is 4.34 Å². The summed E-state index contributed by atoms with van der Waals surface area (Å²) in [5, 5.41) is 12.2. The number of likely N-dealkylation sites (tertiary alicyclic amines) is 1. The minimum absolute atomic E-state index is 0.185. The molecule has 0 radical (unpaired) electrons. The van der Waals surface area contributed by atoms with E-state index in [0.29, 0.717) is 6.04 Å². The Hall–Kier alpha value is -1.60. The number of thioether (sulfide) groups is 1. The predicted molar refractivity (Wildman–Crippen MR) is 104 cm³/mol. The molecule has 1 atom stereocenters. The Balaban J connectivity index is 1.79. The lowest BCUT2D eigenvalue weighted by atomic mass is 10.1. The highest BCUT2D eigenvalue weighted by atomic mass is 32.2. The quantitative estimate of drug-likeness (QED) is 0.766. The van der Waals surface area contributed by atoms with E-state index in [0.717, 1.165) is 41.0 Å². The van der Waals surface area contributed by atoms with E-state index >= 15 is 0 Å². The lowest BCUT2D eigenvalue weighted by Gasteiger charge is -2.30. The van der Waals surface area contributed by atoms with Crippen molar-refractivity contribution in [2.75, 3.05) is 18.4 Å². The first-order chi connectivity index (χ1) is 12.1. The van der Waals surface area contributed by atoms with Gasteiger partial charge in [-0.1, -0.05) is 53.4 Å². The molecule has 0 aliphatic carbocycles. The molecular formula is C18H24N4OS2. The second kappa shape index (κ2) is 8.67. The number of nitrogens with one attached hydrogen (secondary N) is 1. The maximum atomic E-state index is 13.1. The molecule has 0 spiro atoms. The van der Waals surface area contributed by atoms with Crippen LogP contribution in [0, 0.1) is 0 Å². The Morgan fingerprint density at radius 3 is 2.56 bits per heavy atom. The van der Waals surface area contributed by atoms with Crippen LogP contribution in [-0.2, 0) is 4.79 Å². The van der Waals surface area contributed by atoms with Crippen molar-refractivity contribution in [2.24, 2.45) is 0 Å². The minimum atomic E-state index is -0.265. The van der Waals surface area contributed by atoms with Gasteiger partial charge >= 0.3 is 0 Å². The van der Waals surface area contributed by atoms with Crippen LogP contribution in [-0.4, -0.2) is 40.1 Å². The van der Waals surface area contributed by atoms with Crippen LogP contribution in [0.25, 0.3) is 0 Å². The average Bonchev–Trinajstić information content (AvgIpc) is 3.07. The summed E-state index contributed by atoms with van der Waals surface area (Å²) in [6.07, 6.45) is 3.41. The summed E-state index contributed by atoms with van der Waals surface area (Å²) >= 11 is 3.01. The van der Waals surface area contributed by atoms with Gasteiger partial charge in [0.25, 0.3) is 0 Å². The fraction of sp³-hybridized carbons (Fsp3) is 0.500. The van der Waals surface area contributed by atoms with Gasteiger partial charge in [-0.3, -0.25) is 4.79 Å². The number of amides is 1. The molecule has 1 aromatic heterocycles. The van der Waals surface area contributed by atoms with Crippen molar-refractivity contribution >= 4 is 34.1 Å². The summed E-state index contributed by atoms with van der Waals surface area (Å²) in [6, 6.07) is 10.3. The molecule has 0 bridgehead atoms. The summed E-state index contributed by atoms with van der Waals surface area (Å²) in [4.78, 5) is 15.1. The smallest absolute Gasteiger partial charge is 0.240 e. The molecule has 0 saturated carbocycles. The number of benzene rings is 1. The Morgan fingerprint density at radius 2 is 1.88 bits per heavy atom. The van der Waals surface area contributed by atoms with Gasteiger partial charge in [0.05, 0.1) is 0 Å². The Bertz CT molecular complexity index is 683. The highest BCUT2D eigenvalue weighted by molar-refractivity contribution is 8.01. The zero-order chi connectivity index (χ0) is 17.6. The van der Waals surface area contributed by atoms with Crippen LogP contribution < -0.4 is 5.32 Å². The van der Waals surface area contributed by atoms with E-state index in [9.17, 15) is 4.79 Å². The summed E-state index contributed by atoms with van der Waals surface area (Å²) in [6.45, 7) is 5.86. The number of piperidine rings is 1. The third kappa shape index (κ3) is 4.95. The van der Waals surface area contributed by atoms with Crippen molar-refractivity contribution in [1.82, 2.24) is 15.1 Å². The average molecular weight is 377 g/mol. The monoisotopic (exact) mass is 376 g/mol. The third-order valence-corrected chi connectivity index (χ3v) is 6.21. The molecule has 2 aromatic rings. The van der Waals surface area contributed by atoms with E-state index < -0.39 is 0 Å². The first kappa shape index (κ1) is 18.2. The summed E-state index contributed by atoms with van der Waals surface area (Å²) in [5.74, 6) is 0.185. The number of carbonyl (C=O) groups excluding carboxylic acids is 1. The summed E-state index contributed by atoms with van der Waals surface area (Å²) in [5.41, 5.74) is 1.02. The molecule has 1 aliphatic heterocycles. The van der Waals surface area contributed by atoms with Gasteiger partial charge in [-0.2, -0.15) is 0 Å². The molecule has 3 rings (SSSR count). The molecule has 1 aliphatic rings. The minimum Gasteiger partial charge on any atom is -0.358 e. The van der Waals surface area contributed by atoms with Crippen molar-refractivity contribution in [1.29, 1.82) is 0 Å². The van der Waals surface area contributed by atoms with Gasteiger partial charge in [-0.05, 0) is 38.7 Å². The summed E-state index contributed by atoms with van der Waals surface area (Å²) < 4.78 is 0.822. The topological polar surface area (TPSA) is 58.1 Å². The molecular weight excluding hydrogens is 352 g/mol. The number of anilines is 1. The molecule has 2 heterocycles. The second-order valence-corrected chi connectivity index (χ2v) is 8.80. The molecule has 1 amide bonds. The van der Waals surface area contributed by atoms with E-state index in [1.165, 1.54) is 29.5 Å². The van der Waals surface area contributed by atoms with Gasteiger partial charge in [0, 0.05) is 19.1 Å². The van der Waals surface area contributed by atoms with E-state index in [-0.39, 0.29) is 11.2 Å². The normalized spacial score (nSPS) is 16.0. The highest BCUT2D eigenvalue weighted by Gasteiger charge is 2.29.